The van der Waals surface area contributed by atoms with Gasteiger partial charge in [-0.3, -0.25) is 0 Å². The van der Waals surface area contributed by atoms with E-state index in [2.05, 4.69) is 0 Å². The fraction of sp³-hybridized carbons (Fsp3) is 0.571. The predicted molar refractivity (Wildman–Crippen MR) is 78.2 cm³/mol. The first-order chi connectivity index (χ1) is 10.0. The van der Waals surface area contributed by atoms with Crippen LogP contribution < -0.4 is 9.47 Å². The van der Waals surface area contributed by atoms with Gasteiger partial charge in [-0.1, -0.05) is 6.42 Å². The molecular formula is C14H21NO5S. The van der Waals surface area contributed by atoms with Crippen molar-refractivity contribution in [3.8, 4) is 11.5 Å². The summed E-state index contributed by atoms with van der Waals surface area (Å²) in [5.41, 5.74) is 0. The first-order valence-electron chi connectivity index (χ1n) is 6.89. The average Bonchev–Trinajstić information content (AvgIpc) is 2.53. The van der Waals surface area contributed by atoms with Crippen LogP contribution in [0.25, 0.3) is 0 Å². The second-order valence-electron chi connectivity index (χ2n) is 4.96. The molecule has 1 heterocycles. The summed E-state index contributed by atoms with van der Waals surface area (Å²) in [4.78, 5) is 0.103. The van der Waals surface area contributed by atoms with Crippen molar-refractivity contribution < 1.29 is 23.0 Å². The van der Waals surface area contributed by atoms with E-state index in [0.717, 1.165) is 12.8 Å². The highest BCUT2D eigenvalue weighted by molar-refractivity contribution is 7.89. The predicted octanol–water partition coefficient (Wildman–Crippen LogP) is 1.24. The van der Waals surface area contributed by atoms with E-state index in [1.807, 2.05) is 0 Å². The number of ether oxygens (including phenoxy) is 2. The average molecular weight is 315 g/mol. The van der Waals surface area contributed by atoms with Gasteiger partial charge in [0.2, 0.25) is 10.0 Å². The number of benzene rings is 1. The quantitative estimate of drug-likeness (QED) is 0.885. The number of aliphatic hydroxyl groups is 1. The van der Waals surface area contributed by atoms with Gasteiger partial charge in [-0.25, -0.2) is 8.42 Å². The monoisotopic (exact) mass is 315 g/mol. The van der Waals surface area contributed by atoms with Crippen molar-refractivity contribution in [2.75, 3.05) is 27.4 Å². The van der Waals surface area contributed by atoms with Gasteiger partial charge >= 0.3 is 0 Å². The highest BCUT2D eigenvalue weighted by atomic mass is 32.2. The van der Waals surface area contributed by atoms with Gasteiger partial charge in [0.15, 0.2) is 0 Å². The van der Waals surface area contributed by atoms with Crippen molar-refractivity contribution in [1.29, 1.82) is 0 Å². The maximum Gasteiger partial charge on any atom is 0.247 e. The molecule has 1 aliphatic heterocycles. The first kappa shape index (κ1) is 16.1. The molecule has 0 amide bonds. The number of nitrogens with zero attached hydrogens (tertiary/aromatic N) is 1. The van der Waals surface area contributed by atoms with Gasteiger partial charge in [0, 0.05) is 18.7 Å². The Morgan fingerprint density at radius 2 is 2.05 bits per heavy atom. The Bertz CT molecular complexity index is 587. The number of rotatable bonds is 5. The van der Waals surface area contributed by atoms with Crippen molar-refractivity contribution in [2.45, 2.75) is 30.2 Å². The Kier molecular flexibility index (Phi) is 5.08. The number of methoxy groups -OCH3 is 2. The molecular weight excluding hydrogens is 294 g/mol. The van der Waals surface area contributed by atoms with E-state index in [4.69, 9.17) is 9.47 Å². The normalized spacial score (nSPS) is 20.2. The summed E-state index contributed by atoms with van der Waals surface area (Å²) in [6, 6.07) is 4.25. The molecule has 0 aliphatic carbocycles. The lowest BCUT2D eigenvalue weighted by atomic mass is 10.1. The number of hydrogen-bond acceptors (Lipinski definition) is 5. The molecule has 118 valence electrons. The van der Waals surface area contributed by atoms with Crippen LogP contribution in [0.2, 0.25) is 0 Å². The van der Waals surface area contributed by atoms with Crippen LogP contribution in [0, 0.1) is 0 Å². The second-order valence-corrected chi connectivity index (χ2v) is 6.82. The van der Waals surface area contributed by atoms with Crippen molar-refractivity contribution in [1.82, 2.24) is 4.31 Å². The zero-order valence-corrected chi connectivity index (χ0v) is 13.1. The third-order valence-corrected chi connectivity index (χ3v) is 5.73. The molecule has 1 aliphatic rings. The van der Waals surface area contributed by atoms with Crippen molar-refractivity contribution in [3.05, 3.63) is 18.2 Å². The van der Waals surface area contributed by atoms with Gasteiger partial charge < -0.3 is 14.6 Å². The molecule has 0 bridgehead atoms. The van der Waals surface area contributed by atoms with Crippen molar-refractivity contribution in [2.24, 2.45) is 0 Å². The molecule has 0 spiro atoms. The fourth-order valence-electron chi connectivity index (χ4n) is 2.59. The van der Waals surface area contributed by atoms with Crippen LogP contribution >= 0.6 is 0 Å². The Labute approximate surface area is 125 Å². The molecule has 1 saturated heterocycles. The van der Waals surface area contributed by atoms with Crippen LogP contribution in [0.1, 0.15) is 19.3 Å². The molecule has 1 N–H and O–H groups in total. The molecule has 1 aromatic rings. The zero-order valence-electron chi connectivity index (χ0n) is 12.3. The van der Waals surface area contributed by atoms with E-state index in [1.54, 1.807) is 12.1 Å². The largest absolute Gasteiger partial charge is 0.497 e. The summed E-state index contributed by atoms with van der Waals surface area (Å²) in [6.45, 7) is 0.250. The lowest BCUT2D eigenvalue weighted by Crippen LogP contribution is -2.45. The molecule has 2 rings (SSSR count). The molecule has 7 heteroatoms. The van der Waals surface area contributed by atoms with E-state index >= 15 is 0 Å². The highest BCUT2D eigenvalue weighted by Gasteiger charge is 2.34. The Morgan fingerprint density at radius 1 is 1.29 bits per heavy atom. The van der Waals surface area contributed by atoms with Gasteiger partial charge in [0.05, 0.1) is 20.8 Å². The molecule has 1 unspecified atom stereocenters. The summed E-state index contributed by atoms with van der Waals surface area (Å²) in [5.74, 6) is 0.778. The second kappa shape index (κ2) is 6.64. The van der Waals surface area contributed by atoms with Crippen LogP contribution in [0.5, 0.6) is 11.5 Å². The molecule has 1 aromatic carbocycles. The highest BCUT2D eigenvalue weighted by Crippen LogP contribution is 2.33. The fourth-order valence-corrected chi connectivity index (χ4v) is 4.41. The minimum atomic E-state index is -3.70. The number of hydrogen-bond donors (Lipinski definition) is 1. The SMILES string of the molecule is COc1ccc(S(=O)(=O)N2CCCCC2CO)c(OC)c1. The lowest BCUT2D eigenvalue weighted by molar-refractivity contribution is 0.155. The van der Waals surface area contributed by atoms with Crippen LogP contribution in [0.15, 0.2) is 23.1 Å². The number of sulfonamides is 1. The third kappa shape index (κ3) is 3.14. The van der Waals surface area contributed by atoms with Crippen LogP contribution in [0.3, 0.4) is 0 Å². The summed E-state index contributed by atoms with van der Waals surface area (Å²) < 4.78 is 37.3. The van der Waals surface area contributed by atoms with Crippen molar-refractivity contribution in [3.63, 3.8) is 0 Å². The Balaban J connectivity index is 2.43. The third-order valence-electron chi connectivity index (χ3n) is 3.74. The van der Waals surface area contributed by atoms with Crippen LogP contribution in [0.4, 0.5) is 0 Å². The molecule has 0 aromatic heterocycles. The molecule has 0 saturated carbocycles. The summed E-state index contributed by atoms with van der Waals surface area (Å²) >= 11 is 0. The maximum atomic E-state index is 12.8. The van der Waals surface area contributed by atoms with Gasteiger partial charge in [-0.05, 0) is 25.0 Å². The van der Waals surface area contributed by atoms with Crippen LogP contribution in [-0.2, 0) is 10.0 Å². The maximum absolute atomic E-state index is 12.8. The van der Waals surface area contributed by atoms with Gasteiger partial charge in [0.1, 0.15) is 16.4 Å². The van der Waals surface area contributed by atoms with Gasteiger partial charge in [0.25, 0.3) is 0 Å². The zero-order chi connectivity index (χ0) is 15.5. The summed E-state index contributed by atoms with van der Waals surface area (Å²) in [6.07, 6.45) is 2.40. The molecule has 1 fully saturated rings. The minimum Gasteiger partial charge on any atom is -0.497 e. The summed E-state index contributed by atoms with van der Waals surface area (Å²) in [7, 11) is -0.765. The molecule has 6 nitrogen and oxygen atoms in total. The van der Waals surface area contributed by atoms with E-state index in [9.17, 15) is 13.5 Å². The first-order valence-corrected chi connectivity index (χ1v) is 8.33. The van der Waals surface area contributed by atoms with Crippen LogP contribution in [-0.4, -0.2) is 51.2 Å². The smallest absolute Gasteiger partial charge is 0.247 e. The Hall–Kier alpha value is -1.31. The minimum absolute atomic E-state index is 0.103. The lowest BCUT2D eigenvalue weighted by Gasteiger charge is -2.33. The molecule has 21 heavy (non-hydrogen) atoms. The van der Waals surface area contributed by atoms with Gasteiger partial charge in [-0.2, -0.15) is 4.31 Å². The van der Waals surface area contributed by atoms with E-state index in [0.29, 0.717) is 18.7 Å². The summed E-state index contributed by atoms with van der Waals surface area (Å²) in [5, 5.41) is 9.42. The number of piperidine rings is 1. The van der Waals surface area contributed by atoms with E-state index in [1.165, 1.54) is 24.6 Å². The van der Waals surface area contributed by atoms with Crippen molar-refractivity contribution >= 4 is 10.0 Å². The standard InChI is InChI=1S/C14H21NO5S/c1-19-12-6-7-14(13(9-12)20-2)21(17,18)15-8-4-3-5-11(15)10-16/h6-7,9,11,16H,3-5,8,10H2,1-2H3. The van der Waals surface area contributed by atoms with Gasteiger partial charge in [-0.15, -0.1) is 0 Å². The Morgan fingerprint density at radius 3 is 2.67 bits per heavy atom. The molecule has 1 atom stereocenters. The van der Waals surface area contributed by atoms with E-state index < -0.39 is 10.0 Å². The topological polar surface area (TPSA) is 76.1 Å². The number of aliphatic hydroxyl groups excluding tert-OH is 1. The van der Waals surface area contributed by atoms with E-state index in [-0.39, 0.29) is 23.3 Å². The molecule has 0 radical (unpaired) electrons.